The first kappa shape index (κ1) is 51.3. The molecule has 0 bridgehead atoms. The highest BCUT2D eigenvalue weighted by Gasteiger charge is 2.27. The first-order chi connectivity index (χ1) is 30.4. The van der Waals surface area contributed by atoms with Gasteiger partial charge in [-0.15, -0.1) is 0 Å². The second kappa shape index (κ2) is 23.7. The van der Waals surface area contributed by atoms with E-state index in [1.807, 2.05) is 0 Å². The van der Waals surface area contributed by atoms with Crippen LogP contribution in [-0.2, 0) is 0 Å². The zero-order valence-electron chi connectivity index (χ0n) is 39.6. The molecule has 0 unspecified atom stereocenters. The second-order valence-corrected chi connectivity index (χ2v) is 20.2. The molecule has 4 aromatic rings. The molecule has 0 atom stereocenters. The van der Waals surface area contributed by atoms with Gasteiger partial charge in [-0.3, -0.25) is 0 Å². The number of benzene rings is 4. The van der Waals surface area contributed by atoms with Crippen LogP contribution in [0.4, 0.5) is 35.1 Å². The Morgan fingerprint density at radius 1 is 0.250 bits per heavy atom. The van der Waals surface area contributed by atoms with Gasteiger partial charge in [-0.05, 0) is 171 Å². The van der Waals surface area contributed by atoms with Gasteiger partial charge in [0, 0.05) is 0 Å². The molecule has 4 aliphatic rings. The summed E-state index contributed by atoms with van der Waals surface area (Å²) >= 11 is 0. The Morgan fingerprint density at radius 3 is 0.562 bits per heavy atom. The summed E-state index contributed by atoms with van der Waals surface area (Å²) in [7, 11) is 0. The molecule has 0 spiro atoms. The molecule has 0 amide bonds. The van der Waals surface area contributed by atoms with Gasteiger partial charge in [-0.2, -0.15) is 0 Å². The van der Waals surface area contributed by atoms with E-state index in [1.165, 1.54) is 0 Å². The van der Waals surface area contributed by atoms with Crippen molar-refractivity contribution in [3.63, 3.8) is 0 Å². The highest BCUT2D eigenvalue weighted by Crippen LogP contribution is 2.41. The number of hydrogen-bond acceptors (Lipinski definition) is 0. The molecule has 0 aliphatic heterocycles. The predicted molar refractivity (Wildman–Crippen MR) is 246 cm³/mol. The van der Waals surface area contributed by atoms with Gasteiger partial charge in [0.2, 0.25) is 0 Å². The van der Waals surface area contributed by atoms with E-state index in [9.17, 15) is 35.1 Å². The van der Waals surface area contributed by atoms with Gasteiger partial charge >= 0.3 is 0 Å². The molecule has 352 valence electrons. The van der Waals surface area contributed by atoms with Crippen molar-refractivity contribution in [1.29, 1.82) is 0 Å². The van der Waals surface area contributed by atoms with Gasteiger partial charge in [0.1, 0.15) is 0 Å². The fraction of sp³-hybridized carbons (Fsp3) is 0.571. The third-order valence-electron chi connectivity index (χ3n) is 15.0. The summed E-state index contributed by atoms with van der Waals surface area (Å²) in [4.78, 5) is 0. The van der Waals surface area contributed by atoms with Gasteiger partial charge in [-0.1, -0.05) is 128 Å². The lowest BCUT2D eigenvalue weighted by Crippen LogP contribution is -2.13. The second-order valence-electron chi connectivity index (χ2n) is 20.2. The summed E-state index contributed by atoms with van der Waals surface area (Å²) in [5, 5.41) is 0. The minimum absolute atomic E-state index is 0.214. The summed E-state index contributed by atoms with van der Waals surface area (Å²) in [6.45, 7) is 15.3. The van der Waals surface area contributed by atoms with Crippen molar-refractivity contribution in [3.05, 3.63) is 140 Å². The van der Waals surface area contributed by atoms with E-state index in [-0.39, 0.29) is 23.7 Å². The topological polar surface area (TPSA) is 0 Å². The van der Waals surface area contributed by atoms with E-state index in [0.717, 1.165) is 126 Å². The largest absolute Gasteiger partial charge is 0.203 e. The molecule has 4 fully saturated rings. The maximum atomic E-state index is 13.8. The first-order valence-electron chi connectivity index (χ1n) is 24.2. The van der Waals surface area contributed by atoms with E-state index >= 15 is 0 Å². The van der Waals surface area contributed by atoms with Crippen LogP contribution in [0.5, 0.6) is 0 Å². The molecule has 0 radical (unpaired) electrons. The molecule has 0 heterocycles. The third kappa shape index (κ3) is 13.2. The molecule has 0 aromatic heterocycles. The Kier molecular flexibility index (Phi) is 19.0. The lowest BCUT2D eigenvalue weighted by atomic mass is 9.79. The van der Waals surface area contributed by atoms with Gasteiger partial charge in [0.25, 0.3) is 0 Å². The number of rotatable bonds is 4. The normalized spacial score (nSPS) is 25.8. The monoisotopic (exact) mass is 897 g/mol. The summed E-state index contributed by atoms with van der Waals surface area (Å²) in [6, 6.07) is 13.8. The van der Waals surface area contributed by atoms with Crippen molar-refractivity contribution in [2.24, 2.45) is 23.7 Å². The summed E-state index contributed by atoms with van der Waals surface area (Å²) in [6.07, 6.45) is 16.9. The van der Waals surface area contributed by atoms with Crippen molar-refractivity contribution in [3.8, 4) is 0 Å². The average Bonchev–Trinajstić information content (AvgIpc) is 3.28. The van der Waals surface area contributed by atoms with Crippen LogP contribution >= 0.6 is 0 Å². The Morgan fingerprint density at radius 2 is 0.406 bits per heavy atom. The lowest BCUT2D eigenvalue weighted by Gasteiger charge is -2.26. The Hall–Kier alpha value is -3.68. The van der Waals surface area contributed by atoms with Crippen LogP contribution in [0, 0.1) is 97.9 Å². The third-order valence-corrected chi connectivity index (χ3v) is 15.0. The number of aryl methyl sites for hydroxylation is 4. The molecule has 4 aliphatic carbocycles. The van der Waals surface area contributed by atoms with Crippen molar-refractivity contribution >= 4 is 0 Å². The first-order valence-corrected chi connectivity index (χ1v) is 24.2. The quantitative estimate of drug-likeness (QED) is 0.179. The minimum atomic E-state index is -0.670. The van der Waals surface area contributed by atoms with E-state index in [2.05, 4.69) is 27.7 Å². The van der Waals surface area contributed by atoms with E-state index in [4.69, 9.17) is 0 Å². The SMILES string of the molecule is Cc1ccc(C2CCC(C)CC2)c(F)c1F.Cc1ccc(C2CCC(C)CC2)c(F)c1F.Cc1ccc(C2CCC(C)CC2)c(F)c1F.Cc1ccc(C2CCC(C)CC2)c(F)c1F. The lowest BCUT2D eigenvalue weighted by molar-refractivity contribution is 0.339. The molecule has 0 saturated heterocycles. The van der Waals surface area contributed by atoms with Gasteiger partial charge in [-0.25, -0.2) is 35.1 Å². The molecule has 8 heteroatoms. The van der Waals surface area contributed by atoms with Crippen LogP contribution in [0.1, 0.15) is 199 Å². The van der Waals surface area contributed by atoms with Crippen molar-refractivity contribution < 1.29 is 35.1 Å². The smallest absolute Gasteiger partial charge is 0.162 e. The van der Waals surface area contributed by atoms with Gasteiger partial charge < -0.3 is 0 Å². The standard InChI is InChI=1S/4C14H18F2/c4*1-9-3-6-11(7-4-9)12-8-5-10(2)13(15)14(12)16/h4*5,8-9,11H,3-4,6-7H2,1-2H3. The van der Waals surface area contributed by atoms with Crippen LogP contribution in [-0.4, -0.2) is 0 Å². The van der Waals surface area contributed by atoms with Crippen LogP contribution in [0.15, 0.2) is 48.5 Å². The minimum Gasteiger partial charge on any atom is -0.203 e. The molecule has 4 saturated carbocycles. The fourth-order valence-electron chi connectivity index (χ4n) is 10.2. The molecule has 0 N–H and O–H groups in total. The van der Waals surface area contributed by atoms with Crippen LogP contribution in [0.2, 0.25) is 0 Å². The van der Waals surface area contributed by atoms with E-state index in [0.29, 0.717) is 44.5 Å². The maximum absolute atomic E-state index is 13.8. The number of hydrogen-bond donors (Lipinski definition) is 0. The Labute approximate surface area is 379 Å². The Balaban J connectivity index is 0.000000161. The van der Waals surface area contributed by atoms with Crippen molar-refractivity contribution in [1.82, 2.24) is 0 Å². The van der Waals surface area contributed by atoms with Crippen LogP contribution < -0.4 is 0 Å². The van der Waals surface area contributed by atoms with Crippen LogP contribution in [0.3, 0.4) is 0 Å². The maximum Gasteiger partial charge on any atom is 0.162 e. The summed E-state index contributed by atoms with van der Waals surface area (Å²) in [5.41, 5.74) is 3.89. The highest BCUT2D eigenvalue weighted by atomic mass is 19.2. The molecule has 0 nitrogen and oxygen atoms in total. The summed E-state index contributed by atoms with van der Waals surface area (Å²) < 4.78 is 109. The molecule has 8 rings (SSSR count). The van der Waals surface area contributed by atoms with Crippen LogP contribution in [0.25, 0.3) is 0 Å². The van der Waals surface area contributed by atoms with Gasteiger partial charge in [0.05, 0.1) is 0 Å². The van der Waals surface area contributed by atoms with E-state index < -0.39 is 46.5 Å². The van der Waals surface area contributed by atoms with Gasteiger partial charge in [0.15, 0.2) is 46.5 Å². The predicted octanol–water partition coefficient (Wildman–Crippen LogP) is 18.3. The fourth-order valence-corrected chi connectivity index (χ4v) is 10.2. The molecule has 4 aromatic carbocycles. The molecular formula is C56H72F8. The zero-order chi connectivity index (χ0) is 46.8. The van der Waals surface area contributed by atoms with E-state index in [1.54, 1.807) is 76.2 Å². The Bertz CT molecular complexity index is 1810. The molecule has 64 heavy (non-hydrogen) atoms. The summed E-state index contributed by atoms with van der Waals surface area (Å²) in [5.74, 6) is -1.40. The highest BCUT2D eigenvalue weighted by molar-refractivity contribution is 5.31. The molecular weight excluding hydrogens is 825 g/mol. The average molecular weight is 897 g/mol. The number of halogens is 8. The zero-order valence-corrected chi connectivity index (χ0v) is 39.6. The van der Waals surface area contributed by atoms with Crippen molar-refractivity contribution in [2.45, 2.75) is 182 Å². The van der Waals surface area contributed by atoms with Crippen molar-refractivity contribution in [2.75, 3.05) is 0 Å².